The van der Waals surface area contributed by atoms with Gasteiger partial charge in [-0.15, -0.1) is 0 Å². The van der Waals surface area contributed by atoms with Crippen LogP contribution in [0.1, 0.15) is 25.8 Å². The zero-order chi connectivity index (χ0) is 15.1. The molecule has 3 nitrogen and oxygen atoms in total. The van der Waals surface area contributed by atoms with Crippen molar-refractivity contribution in [3.8, 4) is 5.75 Å². The third-order valence-electron chi connectivity index (χ3n) is 3.01. The minimum Gasteiger partial charge on any atom is -0.492 e. The van der Waals surface area contributed by atoms with Crippen LogP contribution < -0.4 is 10.1 Å². The summed E-state index contributed by atoms with van der Waals surface area (Å²) >= 11 is 7.13. The van der Waals surface area contributed by atoms with E-state index in [1.165, 1.54) is 5.56 Å². The van der Waals surface area contributed by atoms with Gasteiger partial charge in [-0.1, -0.05) is 0 Å². The average molecular weight is 408 g/mol. The number of nitrogens with one attached hydrogen (secondary N) is 1. The fourth-order valence-corrected chi connectivity index (χ4v) is 3.35. The van der Waals surface area contributed by atoms with E-state index in [1.807, 2.05) is 6.92 Å². The minimum absolute atomic E-state index is 0.501. The summed E-state index contributed by atoms with van der Waals surface area (Å²) in [5, 5.41) is 3.55. The minimum atomic E-state index is 0.501. The summed E-state index contributed by atoms with van der Waals surface area (Å²) in [5.74, 6) is 0.872. The van der Waals surface area contributed by atoms with Crippen molar-refractivity contribution in [2.24, 2.45) is 0 Å². The van der Waals surface area contributed by atoms with Crippen LogP contribution in [0, 0.1) is 0 Å². The van der Waals surface area contributed by atoms with Gasteiger partial charge in [-0.05, 0) is 90.5 Å². The van der Waals surface area contributed by atoms with Crippen LogP contribution in [0.4, 0.5) is 0 Å². The molecule has 1 aromatic carbocycles. The van der Waals surface area contributed by atoms with Gasteiger partial charge < -0.3 is 15.0 Å². The lowest BCUT2D eigenvalue weighted by Gasteiger charge is -2.17. The van der Waals surface area contributed by atoms with Crippen molar-refractivity contribution in [1.82, 2.24) is 10.2 Å². The number of benzene rings is 1. The molecule has 1 unspecified atom stereocenters. The first-order valence-electron chi connectivity index (χ1n) is 6.92. The number of rotatable bonds is 8. The van der Waals surface area contributed by atoms with Crippen molar-refractivity contribution in [2.75, 3.05) is 27.2 Å². The zero-order valence-corrected chi connectivity index (χ0v) is 15.8. The largest absolute Gasteiger partial charge is 0.492 e. The van der Waals surface area contributed by atoms with Crippen LogP contribution in [0.25, 0.3) is 0 Å². The topological polar surface area (TPSA) is 24.5 Å². The van der Waals surface area contributed by atoms with Gasteiger partial charge in [-0.3, -0.25) is 0 Å². The zero-order valence-electron chi connectivity index (χ0n) is 12.7. The van der Waals surface area contributed by atoms with E-state index in [9.17, 15) is 0 Å². The van der Waals surface area contributed by atoms with Crippen LogP contribution in [0.3, 0.4) is 0 Å². The molecular weight excluding hydrogens is 384 g/mol. The van der Waals surface area contributed by atoms with Crippen LogP contribution in [0.2, 0.25) is 0 Å². The first-order chi connectivity index (χ1) is 9.43. The molecule has 0 saturated heterocycles. The second-order valence-corrected chi connectivity index (χ2v) is 6.90. The highest BCUT2D eigenvalue weighted by atomic mass is 79.9. The van der Waals surface area contributed by atoms with E-state index >= 15 is 0 Å². The van der Waals surface area contributed by atoms with Gasteiger partial charge in [0.15, 0.2) is 0 Å². The second kappa shape index (κ2) is 9.03. The van der Waals surface area contributed by atoms with E-state index in [2.05, 4.69) is 75.2 Å². The first-order valence-corrected chi connectivity index (χ1v) is 8.51. The van der Waals surface area contributed by atoms with Crippen molar-refractivity contribution in [3.05, 3.63) is 26.6 Å². The van der Waals surface area contributed by atoms with Gasteiger partial charge >= 0.3 is 0 Å². The molecular formula is C15H24Br2N2O. The molecule has 0 aliphatic heterocycles. The van der Waals surface area contributed by atoms with E-state index < -0.39 is 0 Å². The summed E-state index contributed by atoms with van der Waals surface area (Å²) < 4.78 is 7.58. The molecule has 5 heteroatoms. The smallest absolute Gasteiger partial charge is 0.147 e. The predicted molar refractivity (Wildman–Crippen MR) is 92.5 cm³/mol. The molecule has 1 N–H and O–H groups in total. The SMILES string of the molecule is CCOc1c(Br)cc(CNC(C)CCN(C)C)cc1Br. The Morgan fingerprint density at radius 1 is 1.25 bits per heavy atom. The molecule has 20 heavy (non-hydrogen) atoms. The fourth-order valence-electron chi connectivity index (χ4n) is 1.84. The molecule has 114 valence electrons. The highest BCUT2D eigenvalue weighted by Crippen LogP contribution is 2.34. The summed E-state index contributed by atoms with van der Waals surface area (Å²) in [5.41, 5.74) is 1.24. The maximum absolute atomic E-state index is 5.59. The molecule has 1 aromatic rings. The van der Waals surface area contributed by atoms with Crippen molar-refractivity contribution < 1.29 is 4.74 Å². The van der Waals surface area contributed by atoms with Gasteiger partial charge in [0.1, 0.15) is 5.75 Å². The van der Waals surface area contributed by atoms with Crippen molar-refractivity contribution in [3.63, 3.8) is 0 Å². The number of ether oxygens (including phenoxy) is 1. The Morgan fingerprint density at radius 3 is 2.35 bits per heavy atom. The summed E-state index contributed by atoms with van der Waals surface area (Å²) in [6, 6.07) is 4.73. The summed E-state index contributed by atoms with van der Waals surface area (Å²) in [7, 11) is 4.21. The number of nitrogens with zero attached hydrogens (tertiary/aromatic N) is 1. The second-order valence-electron chi connectivity index (χ2n) is 5.20. The molecule has 0 bridgehead atoms. The van der Waals surface area contributed by atoms with Crippen LogP contribution in [-0.4, -0.2) is 38.2 Å². The van der Waals surface area contributed by atoms with E-state index in [4.69, 9.17) is 4.74 Å². The standard InChI is InChI=1S/C15H24Br2N2O/c1-5-20-15-13(16)8-12(9-14(15)17)10-18-11(2)6-7-19(3)4/h8-9,11,18H,5-7,10H2,1-4H3. The molecule has 0 aliphatic rings. The molecule has 1 rings (SSSR count). The Hall–Kier alpha value is -0.100. The normalized spacial score (nSPS) is 12.8. The molecule has 1 atom stereocenters. The molecule has 0 radical (unpaired) electrons. The highest BCUT2D eigenvalue weighted by Gasteiger charge is 2.09. The van der Waals surface area contributed by atoms with Gasteiger partial charge in [-0.2, -0.15) is 0 Å². The first kappa shape index (κ1) is 18.0. The predicted octanol–water partition coefficient (Wildman–Crippen LogP) is 4.04. The molecule has 0 amide bonds. The molecule has 0 aliphatic carbocycles. The van der Waals surface area contributed by atoms with Gasteiger partial charge in [0.05, 0.1) is 15.6 Å². The molecule has 0 heterocycles. The quantitative estimate of drug-likeness (QED) is 0.703. The Morgan fingerprint density at radius 2 is 1.85 bits per heavy atom. The third-order valence-corrected chi connectivity index (χ3v) is 4.19. The lowest BCUT2D eigenvalue weighted by Crippen LogP contribution is -2.29. The van der Waals surface area contributed by atoms with Crippen LogP contribution in [0.15, 0.2) is 21.1 Å². The Bertz CT molecular complexity index is 401. The van der Waals surface area contributed by atoms with Crippen molar-refractivity contribution in [2.45, 2.75) is 32.9 Å². The van der Waals surface area contributed by atoms with Gasteiger partial charge in [0.2, 0.25) is 0 Å². The molecule has 0 fully saturated rings. The van der Waals surface area contributed by atoms with Crippen LogP contribution in [-0.2, 0) is 6.54 Å². The summed E-state index contributed by atoms with van der Waals surface area (Å²) in [6.45, 7) is 6.84. The van der Waals surface area contributed by atoms with Gasteiger partial charge in [-0.25, -0.2) is 0 Å². The number of hydrogen-bond acceptors (Lipinski definition) is 3. The third kappa shape index (κ3) is 6.12. The van der Waals surface area contributed by atoms with E-state index in [1.54, 1.807) is 0 Å². The Balaban J connectivity index is 2.56. The molecule has 0 aromatic heterocycles. The van der Waals surface area contributed by atoms with Crippen LogP contribution >= 0.6 is 31.9 Å². The van der Waals surface area contributed by atoms with Crippen LogP contribution in [0.5, 0.6) is 5.75 Å². The van der Waals surface area contributed by atoms with Gasteiger partial charge in [0.25, 0.3) is 0 Å². The Kier molecular flexibility index (Phi) is 8.10. The lowest BCUT2D eigenvalue weighted by atomic mass is 10.2. The lowest BCUT2D eigenvalue weighted by molar-refractivity contribution is 0.335. The fraction of sp³-hybridized carbons (Fsp3) is 0.600. The summed E-state index contributed by atoms with van der Waals surface area (Å²) in [4.78, 5) is 2.21. The van der Waals surface area contributed by atoms with E-state index in [-0.39, 0.29) is 0 Å². The number of hydrogen-bond donors (Lipinski definition) is 1. The number of halogens is 2. The van der Waals surface area contributed by atoms with Crippen molar-refractivity contribution in [1.29, 1.82) is 0 Å². The summed E-state index contributed by atoms with van der Waals surface area (Å²) in [6.07, 6.45) is 1.15. The van der Waals surface area contributed by atoms with E-state index in [0.29, 0.717) is 12.6 Å². The molecule has 0 saturated carbocycles. The monoisotopic (exact) mass is 406 g/mol. The van der Waals surface area contributed by atoms with Gasteiger partial charge in [0, 0.05) is 12.6 Å². The van der Waals surface area contributed by atoms with E-state index in [0.717, 1.165) is 34.2 Å². The molecule has 0 spiro atoms. The average Bonchev–Trinajstić information content (AvgIpc) is 2.38. The maximum atomic E-state index is 5.59. The van der Waals surface area contributed by atoms with Crippen molar-refractivity contribution >= 4 is 31.9 Å². The Labute approximate surface area is 139 Å². The maximum Gasteiger partial charge on any atom is 0.147 e. The highest BCUT2D eigenvalue weighted by molar-refractivity contribution is 9.11.